The molecule has 0 aliphatic heterocycles. The molecule has 3 aromatic rings. The van der Waals surface area contributed by atoms with Crippen LogP contribution in [0.5, 0.6) is 0 Å². The van der Waals surface area contributed by atoms with Crippen molar-refractivity contribution >= 4 is 40.6 Å². The van der Waals surface area contributed by atoms with Crippen LogP contribution in [0, 0.1) is 6.92 Å². The van der Waals surface area contributed by atoms with Gasteiger partial charge < -0.3 is 14.8 Å². The van der Waals surface area contributed by atoms with Crippen molar-refractivity contribution in [1.82, 2.24) is 14.8 Å². The number of halogens is 1. The molecule has 0 radical (unpaired) electrons. The van der Waals surface area contributed by atoms with Crippen molar-refractivity contribution < 1.29 is 4.79 Å². The number of aromatic nitrogens is 3. The Labute approximate surface area is 193 Å². The average Bonchev–Trinajstić information content (AvgIpc) is 3.20. The molecule has 0 bridgehead atoms. The number of hydrogen-bond donors (Lipinski definition) is 1. The Balaban J connectivity index is 1.70. The first-order valence-electron chi connectivity index (χ1n) is 10.4. The minimum atomic E-state index is -0.105. The van der Waals surface area contributed by atoms with E-state index in [1.165, 1.54) is 17.4 Å². The third kappa shape index (κ3) is 5.40. The Morgan fingerprint density at radius 2 is 1.81 bits per heavy atom. The van der Waals surface area contributed by atoms with E-state index in [1.807, 2.05) is 23.6 Å². The Hall–Kier alpha value is -2.51. The van der Waals surface area contributed by atoms with Crippen molar-refractivity contribution in [2.75, 3.05) is 29.1 Å². The first-order valence-corrected chi connectivity index (χ1v) is 11.8. The number of amides is 1. The second kappa shape index (κ2) is 10.7. The molecule has 0 aliphatic carbocycles. The molecule has 0 atom stereocenters. The lowest BCUT2D eigenvalue weighted by Crippen LogP contribution is -2.21. The van der Waals surface area contributed by atoms with Gasteiger partial charge in [0.15, 0.2) is 11.0 Å². The van der Waals surface area contributed by atoms with Crippen molar-refractivity contribution in [2.45, 2.75) is 39.4 Å². The molecule has 0 saturated carbocycles. The van der Waals surface area contributed by atoms with Gasteiger partial charge in [0.2, 0.25) is 5.91 Å². The normalized spacial score (nSPS) is 10.9. The molecule has 1 N–H and O–H groups in total. The zero-order chi connectivity index (χ0) is 22.4. The number of thioether (sulfide) groups is 1. The van der Waals surface area contributed by atoms with Crippen LogP contribution in [0.25, 0.3) is 11.4 Å². The summed E-state index contributed by atoms with van der Waals surface area (Å²) in [7, 11) is 0. The Morgan fingerprint density at radius 3 is 2.45 bits per heavy atom. The smallest absolute Gasteiger partial charge is 0.234 e. The Kier molecular flexibility index (Phi) is 7.98. The number of nitrogens with one attached hydrogen (secondary N) is 1. The molecule has 0 spiro atoms. The molecule has 1 amide bonds. The van der Waals surface area contributed by atoms with Crippen molar-refractivity contribution in [3.05, 3.63) is 53.1 Å². The molecular formula is C23H28ClN5OS. The van der Waals surface area contributed by atoms with Gasteiger partial charge in [0, 0.05) is 41.6 Å². The Morgan fingerprint density at radius 1 is 1.10 bits per heavy atom. The van der Waals surface area contributed by atoms with Gasteiger partial charge in [0.1, 0.15) is 0 Å². The summed E-state index contributed by atoms with van der Waals surface area (Å²) >= 11 is 7.51. The van der Waals surface area contributed by atoms with Gasteiger partial charge in [-0.2, -0.15) is 0 Å². The van der Waals surface area contributed by atoms with Gasteiger partial charge in [0.05, 0.1) is 5.75 Å². The van der Waals surface area contributed by atoms with Gasteiger partial charge in [-0.15, -0.1) is 10.2 Å². The van der Waals surface area contributed by atoms with Gasteiger partial charge in [-0.3, -0.25) is 4.79 Å². The number of carbonyl (C=O) groups is 1. The lowest BCUT2D eigenvalue weighted by molar-refractivity contribution is -0.113. The van der Waals surface area contributed by atoms with Crippen molar-refractivity contribution in [2.24, 2.45) is 0 Å². The van der Waals surface area contributed by atoms with Crippen LogP contribution >= 0.6 is 23.4 Å². The van der Waals surface area contributed by atoms with E-state index in [-0.39, 0.29) is 11.7 Å². The highest BCUT2D eigenvalue weighted by Crippen LogP contribution is 2.27. The number of rotatable bonds is 9. The molecule has 0 unspecified atom stereocenters. The molecule has 8 heteroatoms. The minimum absolute atomic E-state index is 0.105. The molecule has 1 heterocycles. The van der Waals surface area contributed by atoms with Crippen LogP contribution in [0.2, 0.25) is 5.02 Å². The minimum Gasteiger partial charge on any atom is -0.372 e. The molecule has 0 aliphatic rings. The summed E-state index contributed by atoms with van der Waals surface area (Å²) in [5, 5.41) is 13.0. The molecular weight excluding hydrogens is 430 g/mol. The summed E-state index contributed by atoms with van der Waals surface area (Å²) in [6.45, 7) is 10.9. The summed E-state index contributed by atoms with van der Waals surface area (Å²) in [4.78, 5) is 14.7. The van der Waals surface area contributed by atoms with E-state index in [4.69, 9.17) is 11.6 Å². The fourth-order valence-corrected chi connectivity index (χ4v) is 4.34. The summed E-state index contributed by atoms with van der Waals surface area (Å²) in [6, 6.07) is 13.9. The maximum absolute atomic E-state index is 12.4. The second-order valence-electron chi connectivity index (χ2n) is 7.02. The first kappa shape index (κ1) is 23.2. The van der Waals surface area contributed by atoms with E-state index >= 15 is 0 Å². The highest BCUT2D eigenvalue weighted by atomic mass is 35.5. The lowest BCUT2D eigenvalue weighted by Gasteiger charge is -2.21. The van der Waals surface area contributed by atoms with E-state index < -0.39 is 0 Å². The van der Waals surface area contributed by atoms with Gasteiger partial charge >= 0.3 is 0 Å². The fraction of sp³-hybridized carbons (Fsp3) is 0.348. The van der Waals surface area contributed by atoms with Crippen LogP contribution in [0.15, 0.2) is 47.6 Å². The summed E-state index contributed by atoms with van der Waals surface area (Å²) < 4.78 is 2.04. The maximum Gasteiger partial charge on any atom is 0.234 e. The standard InChI is InChI=1S/C23H28ClN5OS/c1-5-28(6-2)18-13-11-17(12-14-18)22-26-27-23(29(22)7-3)31-15-21(30)25-20-10-8-9-19(24)16(20)4/h8-14H,5-7,15H2,1-4H3,(H,25,30). The zero-order valence-corrected chi connectivity index (χ0v) is 19.9. The van der Waals surface area contributed by atoms with Gasteiger partial charge in [-0.05, 0) is 69.7 Å². The van der Waals surface area contributed by atoms with Crippen LogP contribution in [0.1, 0.15) is 26.3 Å². The van der Waals surface area contributed by atoms with Crippen molar-refractivity contribution in [3.63, 3.8) is 0 Å². The van der Waals surface area contributed by atoms with E-state index in [9.17, 15) is 4.79 Å². The molecule has 1 aromatic heterocycles. The van der Waals surface area contributed by atoms with E-state index in [2.05, 4.69) is 65.5 Å². The number of nitrogens with zero attached hydrogens (tertiary/aromatic N) is 4. The van der Waals surface area contributed by atoms with E-state index in [0.29, 0.717) is 5.02 Å². The van der Waals surface area contributed by atoms with E-state index in [0.717, 1.165) is 47.4 Å². The molecule has 2 aromatic carbocycles. The van der Waals surface area contributed by atoms with Crippen LogP contribution in [0.4, 0.5) is 11.4 Å². The summed E-state index contributed by atoms with van der Waals surface area (Å²) in [5.74, 6) is 0.943. The topological polar surface area (TPSA) is 63.1 Å². The predicted octanol–water partition coefficient (Wildman–Crippen LogP) is 5.50. The third-order valence-corrected chi connectivity index (χ3v) is 6.54. The SMILES string of the molecule is CCN(CC)c1ccc(-c2nnc(SCC(=O)Nc3cccc(Cl)c3C)n2CC)cc1. The summed E-state index contributed by atoms with van der Waals surface area (Å²) in [6.07, 6.45) is 0. The van der Waals surface area contributed by atoms with Crippen molar-refractivity contribution in [3.8, 4) is 11.4 Å². The molecule has 6 nitrogen and oxygen atoms in total. The van der Waals surface area contributed by atoms with Gasteiger partial charge in [0.25, 0.3) is 0 Å². The van der Waals surface area contributed by atoms with Crippen LogP contribution in [0.3, 0.4) is 0 Å². The molecule has 0 saturated heterocycles. The average molecular weight is 458 g/mol. The molecule has 31 heavy (non-hydrogen) atoms. The monoisotopic (exact) mass is 457 g/mol. The maximum atomic E-state index is 12.4. The quantitative estimate of drug-likeness (QED) is 0.429. The van der Waals surface area contributed by atoms with Crippen LogP contribution in [-0.2, 0) is 11.3 Å². The highest BCUT2D eigenvalue weighted by molar-refractivity contribution is 7.99. The summed E-state index contributed by atoms with van der Waals surface area (Å²) in [5.41, 5.74) is 3.79. The number of anilines is 2. The lowest BCUT2D eigenvalue weighted by atomic mass is 10.2. The highest BCUT2D eigenvalue weighted by Gasteiger charge is 2.15. The number of hydrogen-bond acceptors (Lipinski definition) is 5. The number of benzene rings is 2. The fourth-order valence-electron chi connectivity index (χ4n) is 3.36. The zero-order valence-electron chi connectivity index (χ0n) is 18.4. The van der Waals surface area contributed by atoms with Crippen LogP contribution in [-0.4, -0.2) is 39.5 Å². The first-order chi connectivity index (χ1) is 15.0. The van der Waals surface area contributed by atoms with Gasteiger partial charge in [-0.25, -0.2) is 0 Å². The molecule has 164 valence electrons. The predicted molar refractivity (Wildman–Crippen MR) is 130 cm³/mol. The largest absolute Gasteiger partial charge is 0.372 e. The van der Waals surface area contributed by atoms with Crippen molar-refractivity contribution in [1.29, 1.82) is 0 Å². The second-order valence-corrected chi connectivity index (χ2v) is 8.37. The number of carbonyl (C=O) groups excluding carboxylic acids is 1. The van der Waals surface area contributed by atoms with Gasteiger partial charge in [-0.1, -0.05) is 29.4 Å². The van der Waals surface area contributed by atoms with E-state index in [1.54, 1.807) is 6.07 Å². The molecule has 3 rings (SSSR count). The Bertz CT molecular complexity index is 1030. The van der Waals surface area contributed by atoms with Crippen LogP contribution < -0.4 is 10.2 Å². The molecule has 0 fully saturated rings. The third-order valence-electron chi connectivity index (χ3n) is 5.16.